The number of nitriles is 1. The first-order valence-corrected chi connectivity index (χ1v) is 7.55. The molecule has 6 atom stereocenters. The van der Waals surface area contributed by atoms with Crippen molar-refractivity contribution in [2.45, 2.75) is 64.2 Å². The molecule has 0 aromatic heterocycles. The van der Waals surface area contributed by atoms with E-state index in [1.807, 2.05) is 6.07 Å². The summed E-state index contributed by atoms with van der Waals surface area (Å²) in [6.07, 6.45) is -5.24. The second-order valence-electron chi connectivity index (χ2n) is 5.75. The van der Waals surface area contributed by atoms with E-state index in [1.165, 1.54) is 27.7 Å². The molecule has 0 aromatic rings. The summed E-state index contributed by atoms with van der Waals surface area (Å²) in [4.78, 5) is 34.0. The van der Waals surface area contributed by atoms with Gasteiger partial charge in [0.1, 0.15) is 18.8 Å². The van der Waals surface area contributed by atoms with Gasteiger partial charge in [-0.3, -0.25) is 14.4 Å². The molecule has 0 N–H and O–H groups in total. The van der Waals surface area contributed by atoms with Gasteiger partial charge in [-0.2, -0.15) is 5.26 Å². The molecule has 2 aliphatic heterocycles. The van der Waals surface area contributed by atoms with Gasteiger partial charge in [-0.1, -0.05) is 0 Å². The van der Waals surface area contributed by atoms with Gasteiger partial charge in [0.05, 0.1) is 0 Å². The number of hydrogen-bond donors (Lipinski definition) is 0. The normalized spacial score (nSPS) is 36.7. The van der Waals surface area contributed by atoms with Crippen LogP contribution in [0.2, 0.25) is 0 Å². The van der Waals surface area contributed by atoms with Gasteiger partial charge in [-0.05, 0) is 0 Å². The van der Waals surface area contributed by atoms with E-state index in [2.05, 4.69) is 0 Å². The summed E-state index contributed by atoms with van der Waals surface area (Å²) in [5, 5.41) is 9.18. The highest BCUT2D eigenvalue weighted by Gasteiger charge is 2.59. The van der Waals surface area contributed by atoms with E-state index >= 15 is 0 Å². The number of rotatable bonds is 4. The molecule has 0 bridgehead atoms. The fraction of sp³-hybridized carbons (Fsp3) is 0.733. The summed E-state index contributed by atoms with van der Waals surface area (Å²) in [6.45, 7) is 4.67. The number of esters is 3. The van der Waals surface area contributed by atoms with Crippen LogP contribution in [0.5, 0.6) is 0 Å². The van der Waals surface area contributed by atoms with E-state index in [4.69, 9.17) is 28.4 Å². The first-order chi connectivity index (χ1) is 11.6. The first-order valence-electron chi connectivity index (χ1n) is 7.55. The number of hydrogen-bond acceptors (Lipinski definition) is 10. The van der Waals surface area contributed by atoms with Crippen molar-refractivity contribution in [3.8, 4) is 6.07 Å². The smallest absolute Gasteiger partial charge is 0.303 e. The minimum Gasteiger partial charge on any atom is -0.463 e. The molecular weight excluding hydrogens is 338 g/mol. The van der Waals surface area contributed by atoms with Crippen LogP contribution in [0.4, 0.5) is 0 Å². The van der Waals surface area contributed by atoms with Crippen LogP contribution in [-0.2, 0) is 42.8 Å². The van der Waals surface area contributed by atoms with E-state index in [9.17, 15) is 19.6 Å². The van der Waals surface area contributed by atoms with Gasteiger partial charge in [-0.15, -0.1) is 0 Å². The lowest BCUT2D eigenvalue weighted by Crippen LogP contribution is -2.60. The molecule has 0 aliphatic carbocycles. The zero-order valence-corrected chi connectivity index (χ0v) is 14.2. The summed E-state index contributed by atoms with van der Waals surface area (Å²) in [5.74, 6) is -3.49. The van der Waals surface area contributed by atoms with E-state index < -0.39 is 54.4 Å². The van der Waals surface area contributed by atoms with Crippen molar-refractivity contribution in [3.05, 3.63) is 0 Å². The number of fused-ring (bicyclic) bond motifs is 1. The highest BCUT2D eigenvalue weighted by Crippen LogP contribution is 2.38. The number of carbonyl (C=O) groups is 3. The molecular formula is C15H19NO9. The van der Waals surface area contributed by atoms with Gasteiger partial charge in [0.25, 0.3) is 5.79 Å². The fourth-order valence-electron chi connectivity index (χ4n) is 2.65. The molecule has 0 saturated carbocycles. The zero-order chi connectivity index (χ0) is 18.8. The van der Waals surface area contributed by atoms with E-state index in [1.54, 1.807) is 0 Å². The quantitative estimate of drug-likeness (QED) is 0.492. The van der Waals surface area contributed by atoms with Crippen LogP contribution in [-0.4, -0.2) is 61.0 Å². The van der Waals surface area contributed by atoms with Crippen LogP contribution in [0.25, 0.3) is 0 Å². The molecule has 2 aliphatic rings. The van der Waals surface area contributed by atoms with Crippen LogP contribution in [0, 0.1) is 11.3 Å². The lowest BCUT2D eigenvalue weighted by Gasteiger charge is -2.40. The maximum absolute atomic E-state index is 11.5. The Kier molecular flexibility index (Phi) is 5.62. The van der Waals surface area contributed by atoms with Crippen LogP contribution in [0.1, 0.15) is 27.7 Å². The second-order valence-corrected chi connectivity index (χ2v) is 5.75. The van der Waals surface area contributed by atoms with Gasteiger partial charge in [-0.25, -0.2) is 0 Å². The minimum atomic E-state index is -1.62. The van der Waals surface area contributed by atoms with Gasteiger partial charge in [0, 0.05) is 27.7 Å². The topological polar surface area (TPSA) is 130 Å². The van der Waals surface area contributed by atoms with Crippen molar-refractivity contribution < 1.29 is 42.8 Å². The Hall–Kier alpha value is -2.22. The van der Waals surface area contributed by atoms with Crippen LogP contribution < -0.4 is 0 Å². The Morgan fingerprint density at radius 3 is 2.16 bits per heavy atom. The average Bonchev–Trinajstić information content (AvgIpc) is 2.84. The molecule has 2 saturated heterocycles. The molecule has 0 amide bonds. The predicted molar refractivity (Wildman–Crippen MR) is 76.4 cm³/mol. The first kappa shape index (κ1) is 19.1. The number of ether oxygens (including phenoxy) is 6. The Morgan fingerprint density at radius 1 is 1.04 bits per heavy atom. The summed E-state index contributed by atoms with van der Waals surface area (Å²) < 4.78 is 31.9. The van der Waals surface area contributed by atoms with Crippen molar-refractivity contribution in [3.63, 3.8) is 0 Å². The van der Waals surface area contributed by atoms with Crippen molar-refractivity contribution in [2.24, 2.45) is 0 Å². The SMILES string of the molecule is CC(=O)OC[C@H]1O[C@@H]2OC(C)(C#N)O[C@@H]2[C@@H](OC(C)=O)[C@@H]1OC(C)=O. The molecule has 0 aromatic carbocycles. The van der Waals surface area contributed by atoms with Crippen LogP contribution in [0.15, 0.2) is 0 Å². The highest BCUT2D eigenvalue weighted by molar-refractivity contribution is 5.67. The Bertz CT molecular complexity index is 600. The third-order valence-corrected chi connectivity index (χ3v) is 3.55. The molecule has 10 heteroatoms. The Morgan fingerprint density at radius 2 is 1.64 bits per heavy atom. The fourth-order valence-corrected chi connectivity index (χ4v) is 2.65. The van der Waals surface area contributed by atoms with Gasteiger partial charge >= 0.3 is 17.9 Å². The van der Waals surface area contributed by atoms with E-state index in [0.29, 0.717) is 0 Å². The minimum absolute atomic E-state index is 0.263. The summed E-state index contributed by atoms with van der Waals surface area (Å²) in [6, 6.07) is 1.83. The van der Waals surface area contributed by atoms with Gasteiger partial charge in [0.2, 0.25) is 0 Å². The van der Waals surface area contributed by atoms with E-state index in [-0.39, 0.29) is 6.61 Å². The lowest BCUT2D eigenvalue weighted by atomic mass is 9.98. The largest absolute Gasteiger partial charge is 0.463 e. The monoisotopic (exact) mass is 357 g/mol. The molecule has 0 radical (unpaired) electrons. The molecule has 2 fully saturated rings. The van der Waals surface area contributed by atoms with Crippen molar-refractivity contribution in [2.75, 3.05) is 6.61 Å². The zero-order valence-electron chi connectivity index (χ0n) is 14.2. The molecule has 1 unspecified atom stereocenters. The Balaban J connectivity index is 2.31. The van der Waals surface area contributed by atoms with Crippen LogP contribution in [0.3, 0.4) is 0 Å². The van der Waals surface area contributed by atoms with Gasteiger partial charge < -0.3 is 28.4 Å². The van der Waals surface area contributed by atoms with Crippen molar-refractivity contribution >= 4 is 17.9 Å². The van der Waals surface area contributed by atoms with Crippen LogP contribution >= 0.6 is 0 Å². The third-order valence-electron chi connectivity index (χ3n) is 3.55. The molecule has 25 heavy (non-hydrogen) atoms. The average molecular weight is 357 g/mol. The predicted octanol–water partition coefficient (Wildman–Crippen LogP) is -0.207. The number of carbonyl (C=O) groups excluding carboxylic acids is 3. The molecule has 2 rings (SSSR count). The van der Waals surface area contributed by atoms with Crippen molar-refractivity contribution in [1.29, 1.82) is 5.26 Å². The third kappa shape index (κ3) is 4.45. The molecule has 2 heterocycles. The molecule has 10 nitrogen and oxygen atoms in total. The molecule has 0 spiro atoms. The summed E-state index contributed by atoms with van der Waals surface area (Å²) in [5.41, 5.74) is 0. The van der Waals surface area contributed by atoms with Crippen molar-refractivity contribution in [1.82, 2.24) is 0 Å². The maximum atomic E-state index is 11.5. The highest BCUT2D eigenvalue weighted by atomic mass is 16.8. The standard InChI is InChI=1S/C15H19NO9/c1-7(17)20-5-10-11(21-8(2)18)12(22-9(3)19)13-14(23-10)25-15(4,6-16)24-13/h10-14H,5H2,1-4H3/t10-,11-,12+,13-,14-,15?/m1/s1. The molecule has 138 valence electrons. The lowest BCUT2D eigenvalue weighted by molar-refractivity contribution is -0.265. The van der Waals surface area contributed by atoms with E-state index in [0.717, 1.165) is 0 Å². The van der Waals surface area contributed by atoms with Gasteiger partial charge in [0.15, 0.2) is 24.6 Å². The summed E-state index contributed by atoms with van der Waals surface area (Å²) >= 11 is 0. The second kappa shape index (κ2) is 7.35. The summed E-state index contributed by atoms with van der Waals surface area (Å²) in [7, 11) is 0. The maximum Gasteiger partial charge on any atom is 0.303 e. The Labute approximate surface area is 143 Å². The number of nitrogens with zero attached hydrogens (tertiary/aromatic N) is 1.